The summed E-state index contributed by atoms with van der Waals surface area (Å²) in [6.07, 6.45) is 1.58. The van der Waals surface area contributed by atoms with Crippen molar-refractivity contribution in [3.05, 3.63) is 62.0 Å². The molecule has 8 heteroatoms. The van der Waals surface area contributed by atoms with Crippen molar-refractivity contribution in [2.24, 2.45) is 5.10 Å². The number of hydrogen-bond acceptors (Lipinski definition) is 4. The molecule has 0 bridgehead atoms. The Balaban J connectivity index is 1.66. The van der Waals surface area contributed by atoms with E-state index in [4.69, 9.17) is 0 Å². The van der Waals surface area contributed by atoms with Gasteiger partial charge < -0.3 is 0 Å². The minimum absolute atomic E-state index is 0.288. The molecule has 0 atom stereocenters. The van der Waals surface area contributed by atoms with Crippen molar-refractivity contribution in [1.82, 2.24) is 15.6 Å². The van der Waals surface area contributed by atoms with Gasteiger partial charge in [-0.05, 0) is 51.8 Å². The van der Waals surface area contributed by atoms with Gasteiger partial charge in [-0.15, -0.1) is 11.3 Å². The second kappa shape index (κ2) is 7.20. The van der Waals surface area contributed by atoms with Crippen molar-refractivity contribution in [3.8, 4) is 10.6 Å². The number of thiophene rings is 1. The van der Waals surface area contributed by atoms with Crippen LogP contribution in [0.2, 0.25) is 0 Å². The molecular formula is C15H10Br2N4OS. The molecule has 0 radical (unpaired) electrons. The smallest absolute Gasteiger partial charge is 0.276 e. The fourth-order valence-electron chi connectivity index (χ4n) is 1.83. The maximum Gasteiger partial charge on any atom is 0.291 e. The Labute approximate surface area is 153 Å². The largest absolute Gasteiger partial charge is 0.291 e. The Morgan fingerprint density at radius 1 is 1.26 bits per heavy atom. The van der Waals surface area contributed by atoms with Crippen molar-refractivity contribution in [3.63, 3.8) is 0 Å². The third-order valence-corrected chi connectivity index (χ3v) is 5.03. The average Bonchev–Trinajstić information content (AvgIpc) is 3.16. The van der Waals surface area contributed by atoms with Gasteiger partial charge in [0.05, 0.1) is 20.6 Å². The number of amides is 1. The Morgan fingerprint density at radius 2 is 2.13 bits per heavy atom. The number of nitrogens with zero attached hydrogens (tertiary/aromatic N) is 2. The van der Waals surface area contributed by atoms with Crippen LogP contribution in [0.1, 0.15) is 16.1 Å². The number of hydrazone groups is 1. The predicted molar refractivity (Wildman–Crippen MR) is 98.8 cm³/mol. The first-order valence-electron chi connectivity index (χ1n) is 6.52. The van der Waals surface area contributed by atoms with Crippen molar-refractivity contribution in [2.75, 3.05) is 0 Å². The van der Waals surface area contributed by atoms with Crippen LogP contribution in [-0.4, -0.2) is 22.3 Å². The van der Waals surface area contributed by atoms with Gasteiger partial charge in [0.2, 0.25) is 0 Å². The van der Waals surface area contributed by atoms with E-state index in [0.29, 0.717) is 0 Å². The number of halogens is 2. The van der Waals surface area contributed by atoms with Gasteiger partial charge in [-0.2, -0.15) is 10.2 Å². The average molecular weight is 454 g/mol. The van der Waals surface area contributed by atoms with E-state index in [9.17, 15) is 4.79 Å². The van der Waals surface area contributed by atoms with E-state index >= 15 is 0 Å². The number of carbonyl (C=O) groups excluding carboxylic acids is 1. The summed E-state index contributed by atoms with van der Waals surface area (Å²) in [6, 6.07) is 13.2. The molecule has 2 heterocycles. The molecule has 116 valence electrons. The van der Waals surface area contributed by atoms with Crippen LogP contribution < -0.4 is 5.43 Å². The second-order valence-corrected chi connectivity index (χ2v) is 7.90. The number of carbonyl (C=O) groups is 1. The maximum atomic E-state index is 12.0. The van der Waals surface area contributed by atoms with Crippen LogP contribution in [-0.2, 0) is 0 Å². The zero-order chi connectivity index (χ0) is 16.2. The van der Waals surface area contributed by atoms with E-state index in [1.165, 1.54) is 0 Å². The first kappa shape index (κ1) is 16.1. The number of hydrogen-bond donors (Lipinski definition) is 2. The van der Waals surface area contributed by atoms with Gasteiger partial charge in [0.25, 0.3) is 5.91 Å². The summed E-state index contributed by atoms with van der Waals surface area (Å²) in [7, 11) is 0. The molecule has 0 spiro atoms. The molecule has 0 aliphatic carbocycles. The molecule has 0 saturated carbocycles. The highest BCUT2D eigenvalue weighted by atomic mass is 79.9. The highest BCUT2D eigenvalue weighted by molar-refractivity contribution is 9.11. The normalized spacial score (nSPS) is 11.0. The van der Waals surface area contributed by atoms with Crippen LogP contribution >= 0.6 is 43.2 Å². The molecule has 0 aliphatic rings. The lowest BCUT2D eigenvalue weighted by Gasteiger charge is -1.96. The van der Waals surface area contributed by atoms with Gasteiger partial charge in [-0.1, -0.05) is 28.1 Å². The monoisotopic (exact) mass is 452 g/mol. The molecule has 0 unspecified atom stereocenters. The van der Waals surface area contributed by atoms with E-state index in [0.717, 1.165) is 24.4 Å². The quantitative estimate of drug-likeness (QED) is 0.453. The topological polar surface area (TPSA) is 70.1 Å². The summed E-state index contributed by atoms with van der Waals surface area (Å²) in [5.41, 5.74) is 4.43. The molecule has 1 aromatic carbocycles. The lowest BCUT2D eigenvalue weighted by Crippen LogP contribution is -2.17. The van der Waals surface area contributed by atoms with Crippen LogP contribution in [0, 0.1) is 0 Å². The fraction of sp³-hybridized carbons (Fsp3) is 0. The molecule has 3 rings (SSSR count). The summed E-state index contributed by atoms with van der Waals surface area (Å²) in [5.74, 6) is -0.366. The Bertz CT molecular complexity index is 872. The van der Waals surface area contributed by atoms with Crippen LogP contribution in [0.5, 0.6) is 0 Å². The zero-order valence-electron chi connectivity index (χ0n) is 11.6. The van der Waals surface area contributed by atoms with Gasteiger partial charge in [-0.3, -0.25) is 9.89 Å². The minimum atomic E-state index is -0.366. The fourth-order valence-corrected chi connectivity index (χ4v) is 3.60. The maximum absolute atomic E-state index is 12.0. The molecule has 5 nitrogen and oxygen atoms in total. The molecule has 0 fully saturated rings. The number of nitrogens with one attached hydrogen (secondary N) is 2. The standard InChI is InChI=1S/C15H10Br2N4OS/c16-10-3-1-2-9(6-10)8-18-21-15(22)12-7-11(19-20-12)13-4-5-14(17)23-13/h1-8H,(H,19,20)(H,21,22). The van der Waals surface area contributed by atoms with Crippen LogP contribution in [0.25, 0.3) is 10.6 Å². The van der Waals surface area contributed by atoms with E-state index in [1.54, 1.807) is 23.6 Å². The summed E-state index contributed by atoms with van der Waals surface area (Å²) < 4.78 is 1.97. The van der Waals surface area contributed by atoms with Gasteiger partial charge in [0.1, 0.15) is 0 Å². The number of rotatable bonds is 4. The summed E-state index contributed by atoms with van der Waals surface area (Å²) in [4.78, 5) is 13.0. The van der Waals surface area contributed by atoms with Crippen molar-refractivity contribution < 1.29 is 4.79 Å². The number of H-pyrrole nitrogens is 1. The summed E-state index contributed by atoms with van der Waals surface area (Å²) in [6.45, 7) is 0. The van der Waals surface area contributed by atoms with Gasteiger partial charge in [-0.25, -0.2) is 5.43 Å². The van der Waals surface area contributed by atoms with E-state index in [2.05, 4.69) is 52.6 Å². The molecule has 2 N–H and O–H groups in total. The summed E-state index contributed by atoms with van der Waals surface area (Å²) in [5, 5.41) is 10.8. The van der Waals surface area contributed by atoms with Gasteiger partial charge in [0.15, 0.2) is 5.69 Å². The van der Waals surface area contributed by atoms with E-state index in [1.807, 2.05) is 36.4 Å². The molecule has 1 amide bonds. The van der Waals surface area contributed by atoms with Crippen molar-refractivity contribution in [1.29, 1.82) is 0 Å². The lowest BCUT2D eigenvalue weighted by molar-refractivity contribution is 0.0950. The highest BCUT2D eigenvalue weighted by Crippen LogP contribution is 2.30. The van der Waals surface area contributed by atoms with E-state index < -0.39 is 0 Å². The first-order valence-corrected chi connectivity index (χ1v) is 8.92. The minimum Gasteiger partial charge on any atom is -0.276 e. The highest BCUT2D eigenvalue weighted by Gasteiger charge is 2.11. The lowest BCUT2D eigenvalue weighted by atomic mass is 10.2. The molecule has 0 saturated heterocycles. The summed E-state index contributed by atoms with van der Waals surface area (Å²) >= 11 is 8.35. The second-order valence-electron chi connectivity index (χ2n) is 4.52. The molecule has 2 aromatic heterocycles. The van der Waals surface area contributed by atoms with Crippen molar-refractivity contribution >= 4 is 55.3 Å². The number of aromatic amines is 1. The third-order valence-electron chi connectivity index (χ3n) is 2.88. The Kier molecular flexibility index (Phi) is 5.04. The van der Waals surface area contributed by atoms with Crippen molar-refractivity contribution in [2.45, 2.75) is 0 Å². The van der Waals surface area contributed by atoms with Crippen LogP contribution in [0.4, 0.5) is 0 Å². The SMILES string of the molecule is O=C(NN=Cc1cccc(Br)c1)c1cc(-c2ccc(Br)s2)[nH]n1. The van der Waals surface area contributed by atoms with Crippen LogP contribution in [0.15, 0.2) is 55.8 Å². The number of aromatic nitrogens is 2. The molecule has 23 heavy (non-hydrogen) atoms. The number of benzene rings is 1. The molecule has 0 aliphatic heterocycles. The Morgan fingerprint density at radius 3 is 2.87 bits per heavy atom. The third kappa shape index (κ3) is 4.15. The molecule has 3 aromatic rings. The Hall–Kier alpha value is -1.77. The van der Waals surface area contributed by atoms with Gasteiger partial charge in [0, 0.05) is 4.47 Å². The van der Waals surface area contributed by atoms with Crippen LogP contribution in [0.3, 0.4) is 0 Å². The zero-order valence-corrected chi connectivity index (χ0v) is 15.6. The first-order chi connectivity index (χ1) is 11.1. The van der Waals surface area contributed by atoms with E-state index in [-0.39, 0.29) is 11.6 Å². The molecular weight excluding hydrogens is 444 g/mol. The predicted octanol–water partition coefficient (Wildman–Crippen LogP) is 4.43. The van der Waals surface area contributed by atoms with Gasteiger partial charge >= 0.3 is 0 Å².